The van der Waals surface area contributed by atoms with E-state index in [9.17, 15) is 9.18 Å². The molecule has 0 aliphatic heterocycles. The summed E-state index contributed by atoms with van der Waals surface area (Å²) in [5, 5.41) is 3.71. The molecule has 3 N–H and O–H groups in total. The molecule has 3 aromatic rings. The highest BCUT2D eigenvalue weighted by molar-refractivity contribution is 6.35. The van der Waals surface area contributed by atoms with Crippen LogP contribution in [-0.4, -0.2) is 10.9 Å². The quantitative estimate of drug-likeness (QED) is 0.607. The number of nitrogens with one attached hydrogen (secondary N) is 1. The molecule has 3 rings (SSSR count). The van der Waals surface area contributed by atoms with Crippen LogP contribution in [0.5, 0.6) is 11.6 Å². The maximum Gasteiger partial charge on any atom is 0.244 e. The normalized spacial score (nSPS) is 11.7. The number of primary amides is 1. The number of amides is 1. The van der Waals surface area contributed by atoms with Crippen molar-refractivity contribution < 1.29 is 13.9 Å². The van der Waals surface area contributed by atoms with Crippen LogP contribution >= 0.6 is 23.2 Å². The lowest BCUT2D eigenvalue weighted by atomic mass is 10.1. The number of nitrogens with two attached hydrogens (primary N) is 1. The van der Waals surface area contributed by atoms with Gasteiger partial charge in [0.1, 0.15) is 22.6 Å². The minimum atomic E-state index is -0.801. The number of pyridine rings is 1. The molecule has 0 aliphatic rings. The maximum atomic E-state index is 13.1. The molecule has 0 saturated carbocycles. The van der Waals surface area contributed by atoms with Crippen molar-refractivity contribution in [2.75, 3.05) is 5.32 Å². The predicted octanol–water partition coefficient (Wildman–Crippen LogP) is 4.96. The molecule has 0 fully saturated rings. The molecule has 1 aromatic heterocycles. The Bertz CT molecular complexity index is 950. The molecule has 2 aromatic carbocycles. The second-order valence-corrected chi connectivity index (χ2v) is 6.44. The lowest BCUT2D eigenvalue weighted by Gasteiger charge is -2.17. The number of benzene rings is 2. The average molecular weight is 406 g/mol. The van der Waals surface area contributed by atoms with E-state index in [1.165, 1.54) is 36.5 Å². The highest BCUT2D eigenvalue weighted by Crippen LogP contribution is 2.30. The van der Waals surface area contributed by atoms with E-state index in [0.717, 1.165) is 0 Å². The monoisotopic (exact) mass is 405 g/mol. The third-order valence-electron chi connectivity index (χ3n) is 3.64. The van der Waals surface area contributed by atoms with Crippen molar-refractivity contribution >= 4 is 34.8 Å². The Morgan fingerprint density at radius 1 is 1.11 bits per heavy atom. The van der Waals surface area contributed by atoms with Crippen molar-refractivity contribution in [1.29, 1.82) is 0 Å². The van der Waals surface area contributed by atoms with Crippen molar-refractivity contribution in [3.8, 4) is 11.6 Å². The van der Waals surface area contributed by atoms with Crippen LogP contribution in [0, 0.1) is 5.82 Å². The zero-order valence-corrected chi connectivity index (χ0v) is 15.3. The van der Waals surface area contributed by atoms with E-state index in [1.54, 1.807) is 24.3 Å². The summed E-state index contributed by atoms with van der Waals surface area (Å²) in [4.78, 5) is 15.8. The average Bonchev–Trinajstić information content (AvgIpc) is 2.64. The number of hydrogen-bond acceptors (Lipinski definition) is 4. The summed E-state index contributed by atoms with van der Waals surface area (Å²) < 4.78 is 18.7. The fourth-order valence-corrected chi connectivity index (χ4v) is 2.77. The summed E-state index contributed by atoms with van der Waals surface area (Å²) >= 11 is 11.8. The minimum absolute atomic E-state index is 0.225. The van der Waals surface area contributed by atoms with Gasteiger partial charge in [0.15, 0.2) is 0 Å². The van der Waals surface area contributed by atoms with E-state index in [-0.39, 0.29) is 10.9 Å². The highest BCUT2D eigenvalue weighted by Gasteiger charge is 2.17. The van der Waals surface area contributed by atoms with Gasteiger partial charge in [0.05, 0.1) is 5.02 Å². The van der Waals surface area contributed by atoms with Crippen molar-refractivity contribution in [3.63, 3.8) is 0 Å². The molecule has 1 amide bonds. The minimum Gasteiger partial charge on any atom is -0.438 e. The zero-order valence-electron chi connectivity index (χ0n) is 13.8. The van der Waals surface area contributed by atoms with Gasteiger partial charge < -0.3 is 15.8 Å². The number of carbonyl (C=O) groups is 1. The van der Waals surface area contributed by atoms with Gasteiger partial charge in [-0.1, -0.05) is 35.3 Å². The molecule has 1 atom stereocenters. The SMILES string of the molecule is NC(=O)C(Nc1ccc(Oc2ncc(Cl)cc2Cl)cc1)c1ccc(F)cc1. The fourth-order valence-electron chi connectivity index (χ4n) is 2.35. The molecule has 1 unspecified atom stereocenters. The predicted molar refractivity (Wildman–Crippen MR) is 103 cm³/mol. The van der Waals surface area contributed by atoms with Gasteiger partial charge in [-0.3, -0.25) is 4.79 Å². The topological polar surface area (TPSA) is 77.2 Å². The van der Waals surface area contributed by atoms with Crippen LogP contribution in [0.4, 0.5) is 10.1 Å². The summed E-state index contributed by atoms with van der Waals surface area (Å²) in [6.07, 6.45) is 1.43. The first-order chi connectivity index (χ1) is 12.9. The highest BCUT2D eigenvalue weighted by atomic mass is 35.5. The Kier molecular flexibility index (Phi) is 5.78. The first-order valence-electron chi connectivity index (χ1n) is 7.82. The van der Waals surface area contributed by atoms with Crippen LogP contribution in [-0.2, 0) is 4.79 Å². The lowest BCUT2D eigenvalue weighted by Crippen LogP contribution is -2.27. The molecule has 0 aliphatic carbocycles. The van der Waals surface area contributed by atoms with Gasteiger partial charge in [0.2, 0.25) is 11.8 Å². The Morgan fingerprint density at radius 3 is 2.37 bits per heavy atom. The number of halogens is 3. The van der Waals surface area contributed by atoms with Crippen LogP contribution in [0.3, 0.4) is 0 Å². The van der Waals surface area contributed by atoms with Gasteiger partial charge in [0.25, 0.3) is 0 Å². The molecule has 8 heteroatoms. The second kappa shape index (κ2) is 8.24. The van der Waals surface area contributed by atoms with Crippen molar-refractivity contribution in [3.05, 3.63) is 82.2 Å². The Hall–Kier alpha value is -2.83. The van der Waals surface area contributed by atoms with E-state index in [2.05, 4.69) is 10.3 Å². The van der Waals surface area contributed by atoms with Crippen LogP contribution < -0.4 is 15.8 Å². The summed E-state index contributed by atoms with van der Waals surface area (Å²) in [5.74, 6) is -0.255. The fraction of sp³-hybridized carbons (Fsp3) is 0.0526. The number of carbonyl (C=O) groups excluding carboxylic acids is 1. The van der Waals surface area contributed by atoms with Crippen LogP contribution in [0.25, 0.3) is 0 Å². The van der Waals surface area contributed by atoms with Crippen LogP contribution in [0.15, 0.2) is 60.8 Å². The van der Waals surface area contributed by atoms with Crippen molar-refractivity contribution in [1.82, 2.24) is 4.98 Å². The smallest absolute Gasteiger partial charge is 0.244 e. The molecule has 0 radical (unpaired) electrons. The molecule has 0 bridgehead atoms. The van der Waals surface area contributed by atoms with Gasteiger partial charge in [-0.05, 0) is 48.0 Å². The molecule has 138 valence electrons. The van der Waals surface area contributed by atoms with Gasteiger partial charge in [-0.2, -0.15) is 0 Å². The molecule has 5 nitrogen and oxygen atoms in total. The number of rotatable bonds is 6. The number of anilines is 1. The van der Waals surface area contributed by atoms with E-state index >= 15 is 0 Å². The number of hydrogen-bond donors (Lipinski definition) is 2. The van der Waals surface area contributed by atoms with Crippen molar-refractivity contribution in [2.45, 2.75) is 6.04 Å². The molecular weight excluding hydrogens is 392 g/mol. The van der Waals surface area contributed by atoms with Gasteiger partial charge in [-0.15, -0.1) is 0 Å². The molecule has 27 heavy (non-hydrogen) atoms. The van der Waals surface area contributed by atoms with Gasteiger partial charge in [-0.25, -0.2) is 9.37 Å². The number of nitrogens with zero attached hydrogens (tertiary/aromatic N) is 1. The largest absolute Gasteiger partial charge is 0.438 e. The lowest BCUT2D eigenvalue weighted by molar-refractivity contribution is -0.118. The van der Waals surface area contributed by atoms with Gasteiger partial charge in [0, 0.05) is 11.9 Å². The molecule has 0 saturated heterocycles. The van der Waals surface area contributed by atoms with Gasteiger partial charge >= 0.3 is 0 Å². The Balaban J connectivity index is 1.74. The third-order valence-corrected chi connectivity index (χ3v) is 4.12. The second-order valence-electron chi connectivity index (χ2n) is 5.60. The number of ether oxygens (including phenoxy) is 1. The molecule has 1 heterocycles. The molecular formula is C19H14Cl2FN3O2. The third kappa shape index (κ3) is 4.87. The summed E-state index contributed by atoms with van der Waals surface area (Å²) in [6, 6.07) is 13.0. The first-order valence-corrected chi connectivity index (χ1v) is 8.58. The molecule has 0 spiro atoms. The number of aromatic nitrogens is 1. The summed E-state index contributed by atoms with van der Waals surface area (Å²) in [6.45, 7) is 0. The standard InChI is InChI=1S/C19H14Cl2FN3O2/c20-12-9-16(21)19(24-10-12)27-15-7-5-14(6-8-15)25-17(18(23)26)11-1-3-13(22)4-2-11/h1-10,17,25H,(H2,23,26). The Labute approximate surface area is 164 Å². The van der Waals surface area contributed by atoms with Crippen LogP contribution in [0.2, 0.25) is 10.0 Å². The first kappa shape index (κ1) is 18.9. The van der Waals surface area contributed by atoms with Crippen LogP contribution in [0.1, 0.15) is 11.6 Å². The Morgan fingerprint density at radius 2 is 1.78 bits per heavy atom. The summed E-state index contributed by atoms with van der Waals surface area (Å²) in [7, 11) is 0. The van der Waals surface area contributed by atoms with E-state index in [0.29, 0.717) is 22.0 Å². The van der Waals surface area contributed by atoms with E-state index < -0.39 is 17.8 Å². The zero-order chi connectivity index (χ0) is 19.4. The van der Waals surface area contributed by atoms with Crippen molar-refractivity contribution in [2.24, 2.45) is 5.73 Å². The summed E-state index contributed by atoms with van der Waals surface area (Å²) in [5.41, 5.74) is 6.65. The van der Waals surface area contributed by atoms with E-state index in [1.807, 2.05) is 0 Å². The maximum absolute atomic E-state index is 13.1. The van der Waals surface area contributed by atoms with E-state index in [4.69, 9.17) is 33.7 Å².